The predicted octanol–water partition coefficient (Wildman–Crippen LogP) is 3.47. The van der Waals surface area contributed by atoms with E-state index in [-0.39, 0.29) is 29.4 Å². The Morgan fingerprint density at radius 1 is 1.04 bits per heavy atom. The second kappa shape index (κ2) is 7.84. The van der Waals surface area contributed by atoms with E-state index in [0.29, 0.717) is 24.7 Å². The van der Waals surface area contributed by atoms with Crippen LogP contribution in [0.4, 0.5) is 14.5 Å². The van der Waals surface area contributed by atoms with Crippen LogP contribution in [0.1, 0.15) is 34.6 Å². The molecule has 5 nitrogen and oxygen atoms in total. The molecule has 1 aliphatic heterocycles. The van der Waals surface area contributed by atoms with Gasteiger partial charge in [0.15, 0.2) is 0 Å². The van der Waals surface area contributed by atoms with Crippen molar-refractivity contribution >= 4 is 17.5 Å². The minimum atomic E-state index is -0.846. The van der Waals surface area contributed by atoms with Gasteiger partial charge in [0.2, 0.25) is 0 Å². The molecule has 1 N–H and O–H groups in total. The number of nitrogens with zero attached hydrogens (tertiary/aromatic N) is 1. The third-order valence-corrected chi connectivity index (χ3v) is 4.24. The highest BCUT2D eigenvalue weighted by molar-refractivity contribution is 6.09. The van der Waals surface area contributed by atoms with Crippen molar-refractivity contribution in [1.82, 2.24) is 4.90 Å². The maximum atomic E-state index is 13.4. The van der Waals surface area contributed by atoms with Crippen LogP contribution in [0.2, 0.25) is 0 Å². The van der Waals surface area contributed by atoms with Crippen molar-refractivity contribution in [2.75, 3.05) is 18.4 Å². The fourth-order valence-corrected chi connectivity index (χ4v) is 3.17. The number of hydrogen-bond donors (Lipinski definition) is 1. The van der Waals surface area contributed by atoms with Gasteiger partial charge in [-0.2, -0.15) is 0 Å². The van der Waals surface area contributed by atoms with Crippen molar-refractivity contribution in [2.24, 2.45) is 0 Å². The minimum absolute atomic E-state index is 0.0882. The Bertz CT molecular complexity index is 842. The van der Waals surface area contributed by atoms with E-state index in [2.05, 4.69) is 5.32 Å². The first-order chi connectivity index (χ1) is 12.8. The Hall–Kier alpha value is -2.80. The van der Waals surface area contributed by atoms with Gasteiger partial charge < -0.3 is 15.0 Å². The highest BCUT2D eigenvalue weighted by Gasteiger charge is 2.28. The molecule has 0 bridgehead atoms. The van der Waals surface area contributed by atoms with E-state index < -0.39 is 17.5 Å². The van der Waals surface area contributed by atoms with Crippen LogP contribution in [0.15, 0.2) is 42.5 Å². The van der Waals surface area contributed by atoms with E-state index in [1.54, 1.807) is 29.2 Å². The van der Waals surface area contributed by atoms with Gasteiger partial charge >= 0.3 is 0 Å². The molecule has 0 spiro atoms. The number of nitrogens with one attached hydrogen (secondary N) is 1. The lowest BCUT2D eigenvalue weighted by Gasteiger charge is -2.35. The van der Waals surface area contributed by atoms with E-state index in [4.69, 9.17) is 4.74 Å². The summed E-state index contributed by atoms with van der Waals surface area (Å²) in [5.41, 5.74) is 0.427. The molecule has 2 amide bonds. The number of ether oxygens (including phenoxy) is 1. The summed E-state index contributed by atoms with van der Waals surface area (Å²) >= 11 is 0. The number of halogens is 2. The summed E-state index contributed by atoms with van der Waals surface area (Å²) in [6.07, 6.45) is -0.176. The number of benzene rings is 2. The Labute approximate surface area is 155 Å². The maximum Gasteiger partial charge on any atom is 0.256 e. The molecule has 0 radical (unpaired) electrons. The number of carbonyl (C=O) groups is 2. The van der Waals surface area contributed by atoms with Gasteiger partial charge in [-0.25, -0.2) is 8.78 Å². The van der Waals surface area contributed by atoms with Crippen molar-refractivity contribution < 1.29 is 23.1 Å². The maximum absolute atomic E-state index is 13.4. The monoisotopic (exact) mass is 374 g/mol. The molecule has 1 heterocycles. The fourth-order valence-electron chi connectivity index (χ4n) is 3.17. The van der Waals surface area contributed by atoms with Gasteiger partial charge in [-0.3, -0.25) is 9.59 Å². The lowest BCUT2D eigenvalue weighted by atomic mass is 10.1. The third-order valence-electron chi connectivity index (χ3n) is 4.24. The molecule has 3 rings (SSSR count). The molecular weight excluding hydrogens is 354 g/mol. The molecule has 2 aromatic carbocycles. The number of para-hydroxylation sites is 1. The second-order valence-electron chi connectivity index (χ2n) is 6.63. The van der Waals surface area contributed by atoms with Crippen LogP contribution in [0.3, 0.4) is 0 Å². The van der Waals surface area contributed by atoms with Gasteiger partial charge in [0.1, 0.15) is 11.6 Å². The van der Waals surface area contributed by atoms with Crippen LogP contribution < -0.4 is 5.32 Å². The van der Waals surface area contributed by atoms with Crippen molar-refractivity contribution in [1.29, 1.82) is 0 Å². The third kappa shape index (κ3) is 4.49. The van der Waals surface area contributed by atoms with Crippen LogP contribution in [0, 0.1) is 11.6 Å². The van der Waals surface area contributed by atoms with Gasteiger partial charge in [0, 0.05) is 24.7 Å². The molecule has 0 saturated carbocycles. The molecule has 2 unspecified atom stereocenters. The van der Waals surface area contributed by atoms with Crippen LogP contribution in [0.5, 0.6) is 0 Å². The summed E-state index contributed by atoms with van der Waals surface area (Å²) in [6.45, 7) is 4.67. The molecular formula is C20H20F2N2O3. The Morgan fingerprint density at radius 3 is 2.26 bits per heavy atom. The summed E-state index contributed by atoms with van der Waals surface area (Å²) in [6, 6.07) is 9.11. The molecule has 2 atom stereocenters. The Morgan fingerprint density at radius 2 is 1.63 bits per heavy atom. The van der Waals surface area contributed by atoms with Gasteiger partial charge in [-0.1, -0.05) is 12.1 Å². The average Bonchev–Trinajstić information content (AvgIpc) is 2.60. The Kier molecular flexibility index (Phi) is 5.51. The molecule has 142 valence electrons. The molecule has 1 aliphatic rings. The molecule has 0 aromatic heterocycles. The van der Waals surface area contributed by atoms with Crippen molar-refractivity contribution in [2.45, 2.75) is 26.1 Å². The van der Waals surface area contributed by atoms with Crippen molar-refractivity contribution in [3.63, 3.8) is 0 Å². The highest BCUT2D eigenvalue weighted by atomic mass is 19.1. The fraction of sp³-hybridized carbons (Fsp3) is 0.300. The number of hydrogen-bond acceptors (Lipinski definition) is 3. The summed E-state index contributed by atoms with van der Waals surface area (Å²) in [4.78, 5) is 27.0. The topological polar surface area (TPSA) is 58.6 Å². The van der Waals surface area contributed by atoms with Gasteiger partial charge in [0.05, 0.1) is 23.5 Å². The number of morpholine rings is 1. The van der Waals surface area contributed by atoms with E-state index in [1.807, 2.05) is 13.8 Å². The predicted molar refractivity (Wildman–Crippen MR) is 96.7 cm³/mol. The van der Waals surface area contributed by atoms with Crippen LogP contribution in [-0.4, -0.2) is 42.0 Å². The number of anilines is 1. The first-order valence-corrected chi connectivity index (χ1v) is 8.64. The second-order valence-corrected chi connectivity index (χ2v) is 6.63. The minimum Gasteiger partial charge on any atom is -0.372 e. The molecule has 0 aliphatic carbocycles. The van der Waals surface area contributed by atoms with Gasteiger partial charge in [0.25, 0.3) is 11.8 Å². The van der Waals surface area contributed by atoms with Crippen molar-refractivity contribution in [3.05, 3.63) is 65.2 Å². The normalized spacial score (nSPS) is 19.6. The zero-order valence-electron chi connectivity index (χ0n) is 15.0. The smallest absolute Gasteiger partial charge is 0.256 e. The summed E-state index contributed by atoms with van der Waals surface area (Å²) < 4.78 is 32.4. The molecule has 1 fully saturated rings. The summed E-state index contributed by atoms with van der Waals surface area (Å²) in [5.74, 6) is -2.63. The van der Waals surface area contributed by atoms with Gasteiger partial charge in [-0.15, -0.1) is 0 Å². The van der Waals surface area contributed by atoms with Crippen LogP contribution in [-0.2, 0) is 4.74 Å². The standard InChI is InChI=1S/C20H20F2N2O3/c1-12-10-24(11-13(2)27-12)20(26)17-5-3-4-6-18(17)23-19(25)14-7-15(21)9-16(22)8-14/h3-9,12-13H,10-11H2,1-2H3,(H,23,25). The SMILES string of the molecule is CC1CN(C(=O)c2ccccc2NC(=O)c2cc(F)cc(F)c2)CC(C)O1. The summed E-state index contributed by atoms with van der Waals surface area (Å²) in [5, 5.41) is 2.57. The first kappa shape index (κ1) is 19.0. The number of carbonyl (C=O) groups excluding carboxylic acids is 2. The zero-order chi connectivity index (χ0) is 19.6. The van der Waals surface area contributed by atoms with Crippen LogP contribution >= 0.6 is 0 Å². The Balaban J connectivity index is 1.83. The number of amides is 2. The van der Waals surface area contributed by atoms with E-state index in [1.165, 1.54) is 0 Å². The lowest BCUT2D eigenvalue weighted by molar-refractivity contribution is -0.0585. The summed E-state index contributed by atoms with van der Waals surface area (Å²) in [7, 11) is 0. The first-order valence-electron chi connectivity index (χ1n) is 8.64. The molecule has 27 heavy (non-hydrogen) atoms. The van der Waals surface area contributed by atoms with E-state index in [9.17, 15) is 18.4 Å². The molecule has 7 heteroatoms. The lowest BCUT2D eigenvalue weighted by Crippen LogP contribution is -2.48. The zero-order valence-corrected chi connectivity index (χ0v) is 15.0. The number of rotatable bonds is 3. The van der Waals surface area contributed by atoms with Gasteiger partial charge in [-0.05, 0) is 38.1 Å². The van der Waals surface area contributed by atoms with Crippen molar-refractivity contribution in [3.8, 4) is 0 Å². The van der Waals surface area contributed by atoms with E-state index in [0.717, 1.165) is 12.1 Å². The largest absolute Gasteiger partial charge is 0.372 e. The molecule has 2 aromatic rings. The average molecular weight is 374 g/mol. The molecule has 1 saturated heterocycles. The highest BCUT2D eigenvalue weighted by Crippen LogP contribution is 2.21. The van der Waals surface area contributed by atoms with Crippen LogP contribution in [0.25, 0.3) is 0 Å². The van der Waals surface area contributed by atoms with E-state index >= 15 is 0 Å². The quantitative estimate of drug-likeness (QED) is 0.895.